The highest BCUT2D eigenvalue weighted by molar-refractivity contribution is 5.97. The van der Waals surface area contributed by atoms with Crippen molar-refractivity contribution in [2.24, 2.45) is 10.9 Å². The highest BCUT2D eigenvalue weighted by Crippen LogP contribution is 2.15. The summed E-state index contributed by atoms with van der Waals surface area (Å²) in [5.74, 6) is 4.12. The number of para-hydroxylation sites is 1. The first kappa shape index (κ1) is 47.2. The Kier molecular flexibility index (Phi) is 22.0. The molecule has 0 bridgehead atoms. The van der Waals surface area contributed by atoms with E-state index in [0.29, 0.717) is 44.3 Å². The number of hydrazine groups is 1. The van der Waals surface area contributed by atoms with Crippen LogP contribution in [0.3, 0.4) is 0 Å². The number of nitrogens with one attached hydrogen (secondary N) is 2. The number of piperazine rings is 2. The molecule has 2 amide bonds. The minimum Gasteiger partial charge on any atom is -0.478 e. The number of aromatic carboxylic acids is 1. The van der Waals surface area contributed by atoms with Gasteiger partial charge in [-0.15, -0.1) is 0 Å². The second-order valence-corrected chi connectivity index (χ2v) is 13.2. The number of ether oxygens (including phenoxy) is 1. The second-order valence-electron chi connectivity index (χ2n) is 13.2. The van der Waals surface area contributed by atoms with Gasteiger partial charge in [-0.3, -0.25) is 48.6 Å². The zero-order valence-corrected chi connectivity index (χ0v) is 33.2. The molecule has 15 nitrogen and oxygen atoms in total. The molecule has 5 N–H and O–H groups in total. The number of carboxylic acids is 1. The Morgan fingerprint density at radius 3 is 1.56 bits per heavy atom. The van der Waals surface area contributed by atoms with Gasteiger partial charge in [-0.2, -0.15) is 5.10 Å². The van der Waals surface area contributed by atoms with E-state index >= 15 is 0 Å². The largest absolute Gasteiger partial charge is 0.478 e. The highest BCUT2D eigenvalue weighted by Gasteiger charge is 2.20. The van der Waals surface area contributed by atoms with Crippen LogP contribution in [0, 0.1) is 0 Å². The Morgan fingerprint density at radius 1 is 0.661 bits per heavy atom. The number of halogens is 1. The van der Waals surface area contributed by atoms with Gasteiger partial charge >= 0.3 is 5.97 Å². The van der Waals surface area contributed by atoms with Gasteiger partial charge in [-0.1, -0.05) is 91.0 Å². The van der Waals surface area contributed by atoms with Gasteiger partial charge in [0.05, 0.1) is 32.0 Å². The average Bonchev–Trinajstić information content (AvgIpc) is 3.27. The molecule has 2 saturated heterocycles. The van der Waals surface area contributed by atoms with Gasteiger partial charge < -0.3 is 9.84 Å². The van der Waals surface area contributed by atoms with Gasteiger partial charge in [0.2, 0.25) is 5.91 Å². The standard InChI is InChI=1S/C21H24N4O3.C13H20N4O.C8H6O3.CH3F/c26-17-28-20-9-5-4-8-19(20)14-22-23-21(27)16-25-12-10-24(11-13-25)15-18-6-2-1-3-7-18;14-15-13(18)11-17-8-6-16(7-9-17)10-12-4-2-1-3-5-12;9-5-6-3-1-2-4-7(6)8(10)11;1-2/h1-9,14,17H,10-13,15-16H2,(H,23,27);1-5H,6-11,14H2,(H,15,18);1-5H,(H,10,11);1H3/b22-14+;;;. The SMILES string of the molecule is CF.NNC(=O)CN1CCN(Cc2ccccc2)CC1.O=COc1ccccc1/C=N/NC(=O)CN1CCN(Cc2ccccc2)CC1.O=Cc1ccccc1C(=O)O. The van der Waals surface area contributed by atoms with E-state index in [9.17, 15) is 28.4 Å². The molecule has 59 heavy (non-hydrogen) atoms. The lowest BCUT2D eigenvalue weighted by molar-refractivity contribution is -0.123. The van der Waals surface area contributed by atoms with Crippen molar-refractivity contribution in [3.63, 3.8) is 0 Å². The number of rotatable bonds is 14. The minimum atomic E-state index is -1.08. The predicted octanol–water partition coefficient (Wildman–Crippen LogP) is 3.07. The molecule has 2 heterocycles. The van der Waals surface area contributed by atoms with E-state index in [4.69, 9.17) is 15.7 Å². The van der Waals surface area contributed by atoms with Gasteiger partial charge in [0, 0.05) is 76.6 Å². The molecule has 4 aromatic carbocycles. The van der Waals surface area contributed by atoms with Crippen LogP contribution in [0.2, 0.25) is 0 Å². The Bertz CT molecular complexity index is 1890. The first-order chi connectivity index (χ1) is 28.8. The molecule has 2 aliphatic rings. The number of hydrazone groups is 1. The third-order valence-corrected chi connectivity index (χ3v) is 9.13. The van der Waals surface area contributed by atoms with E-state index in [-0.39, 0.29) is 22.9 Å². The first-order valence-electron chi connectivity index (χ1n) is 18.9. The number of nitrogens with zero attached hydrogens (tertiary/aromatic N) is 5. The lowest BCUT2D eigenvalue weighted by Gasteiger charge is -2.34. The molecule has 2 fully saturated rings. The Morgan fingerprint density at radius 2 is 1.10 bits per heavy atom. The Balaban J connectivity index is 0.000000256. The summed E-state index contributed by atoms with van der Waals surface area (Å²) >= 11 is 0. The fraction of sp³-hybridized carbons (Fsp3) is 0.302. The summed E-state index contributed by atoms with van der Waals surface area (Å²) in [4.78, 5) is 63.5. The zero-order chi connectivity index (χ0) is 42.7. The van der Waals surface area contributed by atoms with E-state index in [0.717, 1.165) is 65.4 Å². The lowest BCUT2D eigenvalue weighted by atomic mass is 10.1. The molecule has 0 aliphatic carbocycles. The van der Waals surface area contributed by atoms with Crippen LogP contribution in [0.4, 0.5) is 4.39 Å². The molecule has 16 heteroatoms. The fourth-order valence-electron chi connectivity index (χ4n) is 6.10. The summed E-state index contributed by atoms with van der Waals surface area (Å²) in [5, 5.41) is 12.5. The number of carboxylic acid groups (broad SMARTS) is 1. The number of benzene rings is 4. The van der Waals surface area contributed by atoms with Crippen molar-refractivity contribution in [1.29, 1.82) is 0 Å². The van der Waals surface area contributed by atoms with Crippen molar-refractivity contribution in [1.82, 2.24) is 30.5 Å². The minimum absolute atomic E-state index is 0.0440. The van der Waals surface area contributed by atoms with Crippen molar-refractivity contribution < 1.29 is 38.2 Å². The van der Waals surface area contributed by atoms with Gasteiger partial charge in [0.1, 0.15) is 5.75 Å². The summed E-state index contributed by atoms with van der Waals surface area (Å²) in [5.41, 5.74) is 8.21. The molecule has 0 spiro atoms. The fourth-order valence-corrected chi connectivity index (χ4v) is 6.10. The maximum atomic E-state index is 12.1. The van der Waals surface area contributed by atoms with E-state index in [2.05, 4.69) is 84.1 Å². The molecule has 314 valence electrons. The summed E-state index contributed by atoms with van der Waals surface area (Å²) in [7, 11) is 0.500. The second kappa shape index (κ2) is 27.5. The third-order valence-electron chi connectivity index (χ3n) is 9.13. The maximum Gasteiger partial charge on any atom is 0.336 e. The summed E-state index contributed by atoms with van der Waals surface area (Å²) in [6.07, 6.45) is 2.00. The van der Waals surface area contributed by atoms with E-state index in [1.54, 1.807) is 36.4 Å². The van der Waals surface area contributed by atoms with Gasteiger partial charge in [0.25, 0.3) is 12.4 Å². The van der Waals surface area contributed by atoms with Crippen LogP contribution in [0.5, 0.6) is 5.75 Å². The molecular weight excluding hydrogens is 760 g/mol. The molecule has 2 aliphatic heterocycles. The number of carbonyl (C=O) groups is 5. The molecule has 0 aromatic heterocycles. The molecule has 6 rings (SSSR count). The lowest BCUT2D eigenvalue weighted by Crippen LogP contribution is -2.49. The number of alkyl halides is 1. The molecule has 0 radical (unpaired) electrons. The van der Waals surface area contributed by atoms with E-state index < -0.39 is 5.97 Å². The number of amides is 2. The molecule has 0 saturated carbocycles. The normalized spacial score (nSPS) is 14.5. The summed E-state index contributed by atoms with van der Waals surface area (Å²) < 4.78 is 14.4. The summed E-state index contributed by atoms with van der Waals surface area (Å²) in [6.45, 7) is 10.4. The van der Waals surface area contributed by atoms with Crippen LogP contribution in [0.15, 0.2) is 114 Å². The van der Waals surface area contributed by atoms with Crippen LogP contribution >= 0.6 is 0 Å². The van der Waals surface area contributed by atoms with E-state index in [1.807, 2.05) is 12.1 Å². The van der Waals surface area contributed by atoms with Crippen LogP contribution in [-0.2, 0) is 27.5 Å². The van der Waals surface area contributed by atoms with Crippen molar-refractivity contribution in [2.45, 2.75) is 13.1 Å². The number of aldehydes is 1. The third kappa shape index (κ3) is 17.9. The summed E-state index contributed by atoms with van der Waals surface area (Å²) in [6, 6.07) is 33.9. The van der Waals surface area contributed by atoms with Crippen molar-refractivity contribution in [3.05, 3.63) is 137 Å². The van der Waals surface area contributed by atoms with Crippen LogP contribution < -0.4 is 21.4 Å². The Hall–Kier alpha value is -6.17. The Labute approximate surface area is 344 Å². The quantitative estimate of drug-likeness (QED) is 0.0480. The predicted molar refractivity (Wildman–Crippen MR) is 223 cm³/mol. The smallest absolute Gasteiger partial charge is 0.336 e. The van der Waals surface area contributed by atoms with Crippen LogP contribution in [-0.4, -0.2) is 134 Å². The van der Waals surface area contributed by atoms with E-state index in [1.165, 1.54) is 29.5 Å². The first-order valence-corrected chi connectivity index (χ1v) is 18.9. The van der Waals surface area contributed by atoms with Gasteiger partial charge in [-0.05, 0) is 29.3 Å². The van der Waals surface area contributed by atoms with Crippen LogP contribution in [0.25, 0.3) is 0 Å². The van der Waals surface area contributed by atoms with Crippen molar-refractivity contribution >= 4 is 36.8 Å². The number of hydrogen-bond acceptors (Lipinski definition) is 12. The monoisotopic (exact) mass is 812 g/mol. The van der Waals surface area contributed by atoms with Gasteiger partial charge in [-0.25, -0.2) is 16.1 Å². The van der Waals surface area contributed by atoms with Gasteiger partial charge in [0.15, 0.2) is 6.29 Å². The van der Waals surface area contributed by atoms with Crippen molar-refractivity contribution in [2.75, 3.05) is 72.6 Å². The molecule has 4 aromatic rings. The highest BCUT2D eigenvalue weighted by atomic mass is 19.1. The number of nitrogens with two attached hydrogens (primary N) is 1. The maximum absolute atomic E-state index is 12.1. The average molecular weight is 813 g/mol. The topological polar surface area (TPSA) is 190 Å². The number of carbonyl (C=O) groups excluding carboxylic acids is 4. The molecule has 0 atom stereocenters. The van der Waals surface area contributed by atoms with Crippen molar-refractivity contribution in [3.8, 4) is 5.75 Å². The molecule has 0 unspecified atom stereocenters. The van der Waals surface area contributed by atoms with Crippen LogP contribution in [0.1, 0.15) is 37.4 Å². The number of hydrogen-bond donors (Lipinski definition) is 4. The zero-order valence-electron chi connectivity index (χ0n) is 33.2. The molecular formula is C43H53FN8O7.